The summed E-state index contributed by atoms with van der Waals surface area (Å²) < 4.78 is 5.11. The molecule has 2 aliphatic heterocycles. The van der Waals surface area contributed by atoms with Crippen LogP contribution < -0.4 is 0 Å². The lowest BCUT2D eigenvalue weighted by molar-refractivity contribution is -0.152. The number of hydrogen-bond donors (Lipinski definition) is 0. The molecule has 2 bridgehead atoms. The van der Waals surface area contributed by atoms with Crippen molar-refractivity contribution < 1.29 is 9.53 Å². The third kappa shape index (κ3) is 2.84. The van der Waals surface area contributed by atoms with Crippen molar-refractivity contribution in [2.45, 2.75) is 44.2 Å². The molecule has 2 aliphatic rings. The van der Waals surface area contributed by atoms with Gasteiger partial charge in [0.15, 0.2) is 0 Å². The summed E-state index contributed by atoms with van der Waals surface area (Å²) in [6.07, 6.45) is 5.66. The number of rotatable bonds is 4. The number of nitrogens with zero attached hydrogens (tertiary/aromatic N) is 1. The molecule has 2 heterocycles. The normalized spacial score (nSPS) is 32.1. The van der Waals surface area contributed by atoms with E-state index in [1.54, 1.807) is 0 Å². The molecule has 21 heavy (non-hydrogen) atoms. The molecule has 0 aromatic heterocycles. The van der Waals surface area contributed by atoms with Crippen LogP contribution in [0.1, 0.15) is 31.2 Å². The third-order valence-electron chi connectivity index (χ3n) is 5.51. The fourth-order valence-electron chi connectivity index (χ4n) is 4.35. The van der Waals surface area contributed by atoms with Gasteiger partial charge in [0.25, 0.3) is 0 Å². The number of hydrogen-bond acceptors (Lipinski definition) is 3. The fraction of sp³-hybridized carbons (Fsp3) is 0.611. The first-order chi connectivity index (χ1) is 10.2. The summed E-state index contributed by atoms with van der Waals surface area (Å²) in [4.78, 5) is 14.7. The van der Waals surface area contributed by atoms with Crippen LogP contribution in [0.4, 0.5) is 0 Å². The number of ether oxygens (including phenoxy) is 1. The van der Waals surface area contributed by atoms with Crippen LogP contribution in [0.15, 0.2) is 30.3 Å². The van der Waals surface area contributed by atoms with Gasteiger partial charge >= 0.3 is 5.97 Å². The number of aryl methyl sites for hydroxylation is 1. The lowest BCUT2D eigenvalue weighted by atomic mass is 9.77. The molecule has 0 N–H and O–H groups in total. The zero-order valence-electron chi connectivity index (χ0n) is 13.0. The molecular formula is C18H25NO2. The topological polar surface area (TPSA) is 29.5 Å². The first-order valence-corrected chi connectivity index (χ1v) is 8.04. The third-order valence-corrected chi connectivity index (χ3v) is 5.51. The van der Waals surface area contributed by atoms with Crippen molar-refractivity contribution in [2.75, 3.05) is 14.2 Å². The van der Waals surface area contributed by atoms with Gasteiger partial charge in [0.1, 0.15) is 0 Å². The summed E-state index contributed by atoms with van der Waals surface area (Å²) in [5.41, 5.74) is 1.37. The van der Waals surface area contributed by atoms with E-state index in [4.69, 9.17) is 4.74 Å². The minimum atomic E-state index is -0.00902. The Kier molecular flexibility index (Phi) is 4.29. The SMILES string of the molecule is COC(=O)[C@@H]1C2CC[C@H](C[C@H]1CCc1ccccc1)N2C. The summed E-state index contributed by atoms with van der Waals surface area (Å²) in [5.74, 6) is 0.513. The van der Waals surface area contributed by atoms with E-state index >= 15 is 0 Å². The molecule has 4 atom stereocenters. The number of benzene rings is 1. The van der Waals surface area contributed by atoms with Crippen LogP contribution in [0.3, 0.4) is 0 Å². The van der Waals surface area contributed by atoms with Crippen LogP contribution >= 0.6 is 0 Å². The molecule has 0 spiro atoms. The smallest absolute Gasteiger partial charge is 0.310 e. The molecule has 0 amide bonds. The number of carbonyl (C=O) groups excluding carboxylic acids is 1. The Hall–Kier alpha value is -1.35. The highest BCUT2D eigenvalue weighted by Crippen LogP contribution is 2.43. The number of carbonyl (C=O) groups is 1. The molecule has 2 saturated heterocycles. The van der Waals surface area contributed by atoms with Crippen LogP contribution in [0.5, 0.6) is 0 Å². The van der Waals surface area contributed by atoms with Crippen molar-refractivity contribution in [1.82, 2.24) is 4.90 Å². The first kappa shape index (κ1) is 14.6. The number of piperidine rings is 1. The van der Waals surface area contributed by atoms with Gasteiger partial charge in [0, 0.05) is 12.1 Å². The first-order valence-electron chi connectivity index (χ1n) is 8.04. The molecule has 3 nitrogen and oxygen atoms in total. The second-order valence-corrected chi connectivity index (χ2v) is 6.53. The minimum Gasteiger partial charge on any atom is -0.469 e. The van der Waals surface area contributed by atoms with Crippen molar-refractivity contribution in [3.8, 4) is 0 Å². The minimum absolute atomic E-state index is 0.00902. The number of fused-ring (bicyclic) bond motifs is 2. The zero-order valence-corrected chi connectivity index (χ0v) is 13.0. The number of esters is 1. The summed E-state index contributed by atoms with van der Waals surface area (Å²) in [6, 6.07) is 11.6. The van der Waals surface area contributed by atoms with E-state index in [0.717, 1.165) is 25.7 Å². The molecule has 0 radical (unpaired) electrons. The molecule has 1 aromatic rings. The molecule has 2 fully saturated rings. The summed E-state index contributed by atoms with van der Waals surface area (Å²) in [5, 5.41) is 0. The van der Waals surface area contributed by atoms with E-state index in [2.05, 4.69) is 42.3 Å². The maximum atomic E-state index is 12.3. The van der Waals surface area contributed by atoms with E-state index in [-0.39, 0.29) is 11.9 Å². The molecule has 114 valence electrons. The van der Waals surface area contributed by atoms with E-state index < -0.39 is 0 Å². The summed E-state index contributed by atoms with van der Waals surface area (Å²) >= 11 is 0. The molecule has 1 aromatic carbocycles. The molecule has 0 aliphatic carbocycles. The van der Waals surface area contributed by atoms with E-state index in [1.165, 1.54) is 19.1 Å². The average Bonchev–Trinajstić information content (AvgIpc) is 2.76. The molecular weight excluding hydrogens is 262 g/mol. The molecule has 3 heteroatoms. The number of methoxy groups -OCH3 is 1. The van der Waals surface area contributed by atoms with Gasteiger partial charge in [-0.05, 0) is 50.6 Å². The second-order valence-electron chi connectivity index (χ2n) is 6.53. The predicted molar refractivity (Wildman–Crippen MR) is 82.9 cm³/mol. The Bertz CT molecular complexity index is 487. The van der Waals surface area contributed by atoms with Crippen LogP contribution in [0.25, 0.3) is 0 Å². The van der Waals surface area contributed by atoms with Crippen molar-refractivity contribution in [3.05, 3.63) is 35.9 Å². The Morgan fingerprint density at radius 1 is 1.29 bits per heavy atom. The standard InChI is InChI=1S/C18H25NO2/c1-19-15-10-11-16(19)17(18(20)21-2)14(12-15)9-8-13-6-4-3-5-7-13/h3-7,14-17H,8-12H2,1-2H3/t14-,15-,16?,17+/m1/s1. The molecule has 3 rings (SSSR count). The predicted octanol–water partition coefficient (Wildman–Crippen LogP) is 2.89. The van der Waals surface area contributed by atoms with Gasteiger partial charge in [-0.2, -0.15) is 0 Å². The van der Waals surface area contributed by atoms with Gasteiger partial charge in [0.2, 0.25) is 0 Å². The van der Waals surface area contributed by atoms with Crippen LogP contribution in [0, 0.1) is 11.8 Å². The van der Waals surface area contributed by atoms with Gasteiger partial charge in [0.05, 0.1) is 13.0 Å². The average molecular weight is 287 g/mol. The highest BCUT2D eigenvalue weighted by molar-refractivity contribution is 5.74. The Balaban J connectivity index is 1.71. The zero-order chi connectivity index (χ0) is 14.8. The van der Waals surface area contributed by atoms with Crippen LogP contribution in [-0.2, 0) is 16.0 Å². The summed E-state index contributed by atoms with van der Waals surface area (Å²) in [6.45, 7) is 0. The van der Waals surface area contributed by atoms with Gasteiger partial charge in [-0.3, -0.25) is 9.69 Å². The van der Waals surface area contributed by atoms with Crippen molar-refractivity contribution in [2.24, 2.45) is 11.8 Å². The van der Waals surface area contributed by atoms with Gasteiger partial charge in [-0.1, -0.05) is 30.3 Å². The summed E-state index contributed by atoms with van der Waals surface area (Å²) in [7, 11) is 3.70. The van der Waals surface area contributed by atoms with Crippen molar-refractivity contribution in [1.29, 1.82) is 0 Å². The fourth-order valence-corrected chi connectivity index (χ4v) is 4.35. The van der Waals surface area contributed by atoms with Crippen LogP contribution in [0.2, 0.25) is 0 Å². The monoisotopic (exact) mass is 287 g/mol. The van der Waals surface area contributed by atoms with Crippen LogP contribution in [-0.4, -0.2) is 37.1 Å². The Morgan fingerprint density at radius 3 is 2.76 bits per heavy atom. The van der Waals surface area contributed by atoms with E-state index in [9.17, 15) is 4.79 Å². The largest absolute Gasteiger partial charge is 0.469 e. The Labute approximate surface area is 127 Å². The van der Waals surface area contributed by atoms with Crippen molar-refractivity contribution >= 4 is 5.97 Å². The lowest BCUT2D eigenvalue weighted by Gasteiger charge is -2.41. The quantitative estimate of drug-likeness (QED) is 0.798. The van der Waals surface area contributed by atoms with Gasteiger partial charge in [-0.25, -0.2) is 0 Å². The van der Waals surface area contributed by atoms with Gasteiger partial charge < -0.3 is 4.74 Å². The Morgan fingerprint density at radius 2 is 2.05 bits per heavy atom. The van der Waals surface area contributed by atoms with Crippen molar-refractivity contribution in [3.63, 3.8) is 0 Å². The molecule has 0 saturated carbocycles. The van der Waals surface area contributed by atoms with Gasteiger partial charge in [-0.15, -0.1) is 0 Å². The second kappa shape index (κ2) is 6.18. The maximum absolute atomic E-state index is 12.3. The highest BCUT2D eigenvalue weighted by Gasteiger charge is 2.48. The lowest BCUT2D eigenvalue weighted by Crippen LogP contribution is -2.50. The van der Waals surface area contributed by atoms with E-state index in [1.807, 2.05) is 0 Å². The van der Waals surface area contributed by atoms with E-state index in [0.29, 0.717) is 18.0 Å². The maximum Gasteiger partial charge on any atom is 0.310 e. The highest BCUT2D eigenvalue weighted by atomic mass is 16.5. The molecule has 1 unspecified atom stereocenters.